The van der Waals surface area contributed by atoms with Crippen LogP contribution >= 0.6 is 15.9 Å². The van der Waals surface area contributed by atoms with Crippen LogP contribution in [0.2, 0.25) is 0 Å². The smallest absolute Gasteiger partial charge is 0.335 e. The zero-order valence-electron chi connectivity index (χ0n) is 20.5. The SMILES string of the molecule is CCOc1cc(/C=C2\C(=O)NC(=O)N(c3ccc(C)cc3)C2=O)c(Br)cc1OCc1cccc(C(=O)O)c1. The Balaban J connectivity index is 1.64. The summed E-state index contributed by atoms with van der Waals surface area (Å²) in [5, 5.41) is 11.4. The predicted octanol–water partition coefficient (Wildman–Crippen LogP) is 5.10. The summed E-state index contributed by atoms with van der Waals surface area (Å²) >= 11 is 3.45. The molecular weight excluding hydrogens is 556 g/mol. The van der Waals surface area contributed by atoms with Crippen LogP contribution in [0.5, 0.6) is 11.5 Å². The van der Waals surface area contributed by atoms with Crippen LogP contribution in [0.25, 0.3) is 6.08 Å². The minimum atomic E-state index is -1.04. The molecule has 0 atom stereocenters. The molecule has 0 bridgehead atoms. The number of amides is 4. The molecule has 1 fully saturated rings. The Kier molecular flexibility index (Phi) is 7.92. The highest BCUT2D eigenvalue weighted by molar-refractivity contribution is 9.10. The van der Waals surface area contributed by atoms with Crippen LogP contribution in [0, 0.1) is 6.92 Å². The average Bonchev–Trinajstić information content (AvgIpc) is 2.88. The summed E-state index contributed by atoms with van der Waals surface area (Å²) in [6.07, 6.45) is 1.37. The first-order valence-electron chi connectivity index (χ1n) is 11.6. The fraction of sp³-hybridized carbons (Fsp3) is 0.143. The largest absolute Gasteiger partial charge is 0.490 e. The number of benzene rings is 3. The van der Waals surface area contributed by atoms with Crippen molar-refractivity contribution in [3.63, 3.8) is 0 Å². The molecule has 194 valence electrons. The molecule has 10 heteroatoms. The van der Waals surface area contributed by atoms with Crippen LogP contribution in [0.4, 0.5) is 10.5 Å². The van der Waals surface area contributed by atoms with Crippen LogP contribution < -0.4 is 19.7 Å². The topological polar surface area (TPSA) is 122 Å². The normalized spacial score (nSPS) is 14.4. The Morgan fingerprint density at radius 2 is 1.74 bits per heavy atom. The summed E-state index contributed by atoms with van der Waals surface area (Å²) < 4.78 is 12.1. The van der Waals surface area contributed by atoms with Gasteiger partial charge in [0.2, 0.25) is 0 Å². The van der Waals surface area contributed by atoms with Crippen molar-refractivity contribution in [3.8, 4) is 11.5 Å². The molecule has 0 aromatic heterocycles. The van der Waals surface area contributed by atoms with Crippen molar-refractivity contribution in [2.24, 2.45) is 0 Å². The van der Waals surface area contributed by atoms with Crippen LogP contribution in [-0.2, 0) is 16.2 Å². The van der Waals surface area contributed by atoms with Gasteiger partial charge < -0.3 is 14.6 Å². The Labute approximate surface area is 226 Å². The lowest BCUT2D eigenvalue weighted by Gasteiger charge is -2.26. The van der Waals surface area contributed by atoms with Gasteiger partial charge in [0.15, 0.2) is 11.5 Å². The van der Waals surface area contributed by atoms with E-state index in [0.29, 0.717) is 39.4 Å². The lowest BCUT2D eigenvalue weighted by Crippen LogP contribution is -2.54. The van der Waals surface area contributed by atoms with Crippen LogP contribution in [0.15, 0.2) is 70.7 Å². The first kappa shape index (κ1) is 26.6. The molecule has 0 aliphatic carbocycles. The fourth-order valence-corrected chi connectivity index (χ4v) is 4.18. The molecule has 9 nitrogen and oxygen atoms in total. The second kappa shape index (κ2) is 11.3. The maximum Gasteiger partial charge on any atom is 0.335 e. The highest BCUT2D eigenvalue weighted by atomic mass is 79.9. The lowest BCUT2D eigenvalue weighted by atomic mass is 10.1. The Bertz CT molecular complexity index is 1460. The van der Waals surface area contributed by atoms with E-state index in [0.717, 1.165) is 10.5 Å². The first-order valence-corrected chi connectivity index (χ1v) is 12.4. The molecule has 0 radical (unpaired) electrons. The zero-order chi connectivity index (χ0) is 27.4. The summed E-state index contributed by atoms with van der Waals surface area (Å²) in [6.45, 7) is 4.08. The second-order valence-corrected chi connectivity index (χ2v) is 9.20. The number of barbiturate groups is 1. The third kappa shape index (κ3) is 5.76. The van der Waals surface area contributed by atoms with E-state index in [9.17, 15) is 24.3 Å². The highest BCUT2D eigenvalue weighted by Crippen LogP contribution is 2.36. The quantitative estimate of drug-likeness (QED) is 0.281. The monoisotopic (exact) mass is 578 g/mol. The van der Waals surface area contributed by atoms with Gasteiger partial charge >= 0.3 is 12.0 Å². The fourth-order valence-electron chi connectivity index (χ4n) is 3.74. The Morgan fingerprint density at radius 3 is 2.42 bits per heavy atom. The van der Waals surface area contributed by atoms with E-state index in [-0.39, 0.29) is 17.7 Å². The van der Waals surface area contributed by atoms with Crippen molar-refractivity contribution in [1.29, 1.82) is 0 Å². The molecule has 0 unspecified atom stereocenters. The molecule has 38 heavy (non-hydrogen) atoms. The maximum absolute atomic E-state index is 13.2. The number of carbonyl (C=O) groups is 4. The number of nitrogens with zero attached hydrogens (tertiary/aromatic N) is 1. The van der Waals surface area contributed by atoms with Crippen LogP contribution in [0.1, 0.15) is 34.0 Å². The van der Waals surface area contributed by atoms with E-state index < -0.39 is 23.8 Å². The number of nitrogens with one attached hydrogen (secondary N) is 1. The van der Waals surface area contributed by atoms with E-state index in [2.05, 4.69) is 21.2 Å². The van der Waals surface area contributed by atoms with E-state index in [1.165, 1.54) is 18.2 Å². The number of anilines is 1. The van der Waals surface area contributed by atoms with Gasteiger partial charge in [0.1, 0.15) is 12.2 Å². The molecule has 2 N–H and O–H groups in total. The van der Waals surface area contributed by atoms with Gasteiger partial charge in [-0.05, 0) is 67.4 Å². The second-order valence-electron chi connectivity index (χ2n) is 8.34. The maximum atomic E-state index is 13.2. The molecular formula is C28H23BrN2O7. The molecule has 3 aromatic carbocycles. The number of ether oxygens (including phenoxy) is 2. The number of hydrogen-bond acceptors (Lipinski definition) is 6. The average molecular weight is 579 g/mol. The number of imide groups is 2. The van der Waals surface area contributed by atoms with Gasteiger partial charge in [-0.3, -0.25) is 14.9 Å². The zero-order valence-corrected chi connectivity index (χ0v) is 22.1. The molecule has 4 amide bonds. The van der Waals surface area contributed by atoms with Crippen LogP contribution in [0.3, 0.4) is 0 Å². The van der Waals surface area contributed by atoms with Crippen molar-refractivity contribution >= 4 is 51.5 Å². The third-order valence-electron chi connectivity index (χ3n) is 5.62. The Morgan fingerprint density at radius 1 is 1.03 bits per heavy atom. The summed E-state index contributed by atoms with van der Waals surface area (Å²) in [6, 6.07) is 15.6. The van der Waals surface area contributed by atoms with Crippen molar-refractivity contribution < 1.29 is 33.8 Å². The summed E-state index contributed by atoms with van der Waals surface area (Å²) in [4.78, 5) is 50.5. The molecule has 3 aromatic rings. The molecule has 4 rings (SSSR count). The number of halogens is 1. The summed E-state index contributed by atoms with van der Waals surface area (Å²) in [7, 11) is 0. The summed E-state index contributed by atoms with van der Waals surface area (Å²) in [5.41, 5.74) is 2.31. The van der Waals surface area contributed by atoms with Crippen molar-refractivity contribution in [3.05, 3.63) is 93.0 Å². The number of carbonyl (C=O) groups excluding carboxylic acids is 3. The first-order chi connectivity index (χ1) is 18.2. The van der Waals surface area contributed by atoms with E-state index in [1.807, 2.05) is 6.92 Å². The van der Waals surface area contributed by atoms with Crippen molar-refractivity contribution in [2.45, 2.75) is 20.5 Å². The van der Waals surface area contributed by atoms with Gasteiger partial charge in [-0.2, -0.15) is 0 Å². The van der Waals surface area contributed by atoms with Gasteiger partial charge in [-0.15, -0.1) is 0 Å². The van der Waals surface area contributed by atoms with Gasteiger partial charge in [0.05, 0.1) is 17.9 Å². The van der Waals surface area contributed by atoms with Gasteiger partial charge in [0, 0.05) is 4.47 Å². The minimum absolute atomic E-state index is 0.0859. The predicted molar refractivity (Wildman–Crippen MR) is 143 cm³/mol. The highest BCUT2D eigenvalue weighted by Gasteiger charge is 2.37. The van der Waals surface area contributed by atoms with Crippen molar-refractivity contribution in [2.75, 3.05) is 11.5 Å². The van der Waals surface area contributed by atoms with E-state index >= 15 is 0 Å². The number of hydrogen-bond donors (Lipinski definition) is 2. The molecule has 1 aliphatic rings. The van der Waals surface area contributed by atoms with Gasteiger partial charge in [-0.25, -0.2) is 14.5 Å². The summed E-state index contributed by atoms with van der Waals surface area (Å²) in [5.74, 6) is -1.88. The number of rotatable bonds is 8. The minimum Gasteiger partial charge on any atom is -0.490 e. The molecule has 0 spiro atoms. The van der Waals surface area contributed by atoms with Crippen molar-refractivity contribution in [1.82, 2.24) is 5.32 Å². The lowest BCUT2D eigenvalue weighted by molar-refractivity contribution is -0.122. The molecule has 0 saturated carbocycles. The van der Waals surface area contributed by atoms with Gasteiger partial charge in [-0.1, -0.05) is 45.8 Å². The van der Waals surface area contributed by atoms with E-state index in [4.69, 9.17) is 9.47 Å². The Hall–Kier alpha value is -4.44. The van der Waals surface area contributed by atoms with E-state index in [1.54, 1.807) is 55.5 Å². The molecule has 1 saturated heterocycles. The van der Waals surface area contributed by atoms with Crippen LogP contribution in [-0.4, -0.2) is 35.5 Å². The number of urea groups is 1. The number of aryl methyl sites for hydroxylation is 1. The molecule has 1 heterocycles. The standard InChI is InChI=1S/C28H23BrN2O7/c1-3-37-23-13-19(22(29)14-24(23)38-15-17-5-4-6-18(11-17)27(34)35)12-21-25(32)30-28(36)31(26(21)33)20-9-7-16(2)8-10-20/h4-14H,3,15H2,1-2H3,(H,34,35)(H,30,32,36)/b21-12+. The molecule has 1 aliphatic heterocycles. The number of aromatic carboxylic acids is 1. The third-order valence-corrected chi connectivity index (χ3v) is 6.31. The number of carboxylic acid groups (broad SMARTS) is 1. The van der Waals surface area contributed by atoms with Gasteiger partial charge in [0.25, 0.3) is 11.8 Å². The number of carboxylic acids is 1.